The Bertz CT molecular complexity index is 634. The molecule has 1 aliphatic rings. The van der Waals surface area contributed by atoms with E-state index in [-0.39, 0.29) is 0 Å². The number of aliphatic carboxylic acids is 1. The molecule has 0 bridgehead atoms. The van der Waals surface area contributed by atoms with Gasteiger partial charge in [-0.2, -0.15) is 0 Å². The summed E-state index contributed by atoms with van der Waals surface area (Å²) >= 11 is 1.57. The summed E-state index contributed by atoms with van der Waals surface area (Å²) in [6.45, 7) is 0.745. The molecule has 2 N–H and O–H groups in total. The lowest BCUT2D eigenvalue weighted by atomic mass is 10.1. The van der Waals surface area contributed by atoms with Crippen molar-refractivity contribution in [1.29, 1.82) is 0 Å². The Kier molecular flexibility index (Phi) is 3.43. The average Bonchev–Trinajstić information content (AvgIpc) is 3.05. The number of anilines is 1. The zero-order chi connectivity index (χ0) is 14.1. The third kappa shape index (κ3) is 2.40. The van der Waals surface area contributed by atoms with Crippen LogP contribution < -0.4 is 5.32 Å². The molecule has 0 spiro atoms. The number of carboxylic acid groups (broad SMARTS) is 1. The first-order valence-electron chi connectivity index (χ1n) is 6.57. The van der Waals surface area contributed by atoms with Gasteiger partial charge in [-0.05, 0) is 12.8 Å². The Balaban J connectivity index is 1.61. The number of imidazole rings is 1. The molecule has 3 rings (SSSR count). The van der Waals surface area contributed by atoms with Crippen LogP contribution in [0.2, 0.25) is 0 Å². The number of rotatable bonds is 5. The highest BCUT2D eigenvalue weighted by atomic mass is 32.1. The fourth-order valence-electron chi connectivity index (χ4n) is 2.46. The van der Waals surface area contributed by atoms with Gasteiger partial charge in [0.15, 0.2) is 5.13 Å². The molecule has 0 saturated heterocycles. The Morgan fingerprint density at radius 1 is 1.65 bits per heavy atom. The van der Waals surface area contributed by atoms with E-state index < -0.39 is 11.9 Å². The molecule has 0 saturated carbocycles. The number of hydrogen-bond acceptors (Lipinski definition) is 5. The summed E-state index contributed by atoms with van der Waals surface area (Å²) in [6, 6.07) is 0. The maximum atomic E-state index is 11.1. The van der Waals surface area contributed by atoms with Crippen molar-refractivity contribution >= 4 is 22.4 Å². The van der Waals surface area contributed by atoms with E-state index in [9.17, 15) is 4.79 Å². The van der Waals surface area contributed by atoms with Gasteiger partial charge in [0, 0.05) is 37.3 Å². The lowest BCUT2D eigenvalue weighted by Gasteiger charge is -2.04. The second-order valence-corrected chi connectivity index (χ2v) is 5.97. The van der Waals surface area contributed by atoms with Gasteiger partial charge in [0.1, 0.15) is 11.7 Å². The number of nitrogens with zero attached hydrogens (tertiary/aromatic N) is 3. The van der Waals surface area contributed by atoms with Gasteiger partial charge in [0.2, 0.25) is 0 Å². The number of fused-ring (bicyclic) bond motifs is 1. The van der Waals surface area contributed by atoms with Crippen molar-refractivity contribution in [2.75, 3.05) is 11.9 Å². The van der Waals surface area contributed by atoms with Gasteiger partial charge >= 0.3 is 5.97 Å². The minimum atomic E-state index is -0.770. The van der Waals surface area contributed by atoms with Gasteiger partial charge in [-0.25, -0.2) is 9.97 Å². The first-order chi connectivity index (χ1) is 9.65. The van der Waals surface area contributed by atoms with Crippen LogP contribution in [0.25, 0.3) is 0 Å². The minimum absolute atomic E-state index is 0.425. The third-order valence-electron chi connectivity index (χ3n) is 3.56. The molecule has 1 unspecified atom stereocenters. The molecular formula is C13H16N4O2S. The summed E-state index contributed by atoms with van der Waals surface area (Å²) in [5, 5.41) is 13.2. The van der Waals surface area contributed by atoms with Crippen molar-refractivity contribution in [3.05, 3.63) is 28.8 Å². The Morgan fingerprint density at radius 3 is 3.20 bits per heavy atom. The normalized spacial score (nSPS) is 17.1. The summed E-state index contributed by atoms with van der Waals surface area (Å²) in [5.74, 6) is -0.176. The molecule has 2 aromatic heterocycles. The van der Waals surface area contributed by atoms with Gasteiger partial charge in [0.25, 0.3) is 0 Å². The van der Waals surface area contributed by atoms with Crippen molar-refractivity contribution in [1.82, 2.24) is 14.5 Å². The van der Waals surface area contributed by atoms with Crippen molar-refractivity contribution in [2.24, 2.45) is 7.05 Å². The van der Waals surface area contributed by atoms with Crippen LogP contribution in [0.3, 0.4) is 0 Å². The topological polar surface area (TPSA) is 80.0 Å². The van der Waals surface area contributed by atoms with Gasteiger partial charge in [-0.3, -0.25) is 4.79 Å². The van der Waals surface area contributed by atoms with Crippen molar-refractivity contribution in [3.63, 3.8) is 0 Å². The zero-order valence-corrected chi connectivity index (χ0v) is 12.0. The predicted molar refractivity (Wildman–Crippen MR) is 76.2 cm³/mol. The number of thiazole rings is 1. The van der Waals surface area contributed by atoms with Crippen LogP contribution in [0.15, 0.2) is 12.4 Å². The molecule has 20 heavy (non-hydrogen) atoms. The predicted octanol–water partition coefficient (Wildman–Crippen LogP) is 1.65. The van der Waals surface area contributed by atoms with Gasteiger partial charge < -0.3 is 15.0 Å². The van der Waals surface area contributed by atoms with E-state index in [1.54, 1.807) is 17.5 Å². The summed E-state index contributed by atoms with van der Waals surface area (Å²) in [5.41, 5.74) is 0.752. The molecule has 2 heterocycles. The molecule has 0 amide bonds. The van der Waals surface area contributed by atoms with E-state index in [0.29, 0.717) is 6.42 Å². The van der Waals surface area contributed by atoms with Crippen LogP contribution in [0, 0.1) is 0 Å². The molecule has 0 aliphatic heterocycles. The summed E-state index contributed by atoms with van der Waals surface area (Å²) < 4.78 is 1.99. The Morgan fingerprint density at radius 2 is 2.50 bits per heavy atom. The number of aryl methyl sites for hydroxylation is 2. The lowest BCUT2D eigenvalue weighted by molar-refractivity contribution is -0.138. The van der Waals surface area contributed by atoms with Crippen molar-refractivity contribution in [2.45, 2.75) is 25.2 Å². The van der Waals surface area contributed by atoms with Crippen LogP contribution >= 0.6 is 11.3 Å². The highest BCUT2D eigenvalue weighted by molar-refractivity contribution is 7.15. The molecule has 106 valence electrons. The van der Waals surface area contributed by atoms with Gasteiger partial charge in [-0.1, -0.05) is 0 Å². The summed E-state index contributed by atoms with van der Waals surface area (Å²) in [7, 11) is 1.97. The van der Waals surface area contributed by atoms with Crippen LogP contribution in [-0.2, 0) is 24.7 Å². The van der Waals surface area contributed by atoms with Crippen LogP contribution in [-0.4, -0.2) is 32.2 Å². The fourth-order valence-corrected chi connectivity index (χ4v) is 3.53. The number of hydrogen-bond donors (Lipinski definition) is 2. The highest BCUT2D eigenvalue weighted by Crippen LogP contribution is 2.38. The van der Waals surface area contributed by atoms with E-state index in [2.05, 4.69) is 15.3 Å². The number of carboxylic acids is 1. The fraction of sp³-hybridized carbons (Fsp3) is 0.462. The first kappa shape index (κ1) is 13.1. The van der Waals surface area contributed by atoms with E-state index >= 15 is 0 Å². The highest BCUT2D eigenvalue weighted by Gasteiger charge is 2.32. The second-order valence-electron chi connectivity index (χ2n) is 4.89. The van der Waals surface area contributed by atoms with E-state index in [1.165, 1.54) is 0 Å². The lowest BCUT2D eigenvalue weighted by Crippen LogP contribution is -2.10. The second kappa shape index (κ2) is 5.24. The maximum absolute atomic E-state index is 11.1. The van der Waals surface area contributed by atoms with E-state index in [1.807, 2.05) is 17.8 Å². The monoisotopic (exact) mass is 292 g/mol. The minimum Gasteiger partial charge on any atom is -0.481 e. The van der Waals surface area contributed by atoms with E-state index in [0.717, 1.165) is 40.9 Å². The Labute approximate surface area is 120 Å². The summed E-state index contributed by atoms with van der Waals surface area (Å²) in [6.07, 6.45) is 6.02. The SMILES string of the molecule is Cn1ccnc1CCNc1nc2c(s1)CCC2C(=O)O. The average molecular weight is 292 g/mol. The number of carbonyl (C=O) groups is 1. The van der Waals surface area contributed by atoms with Crippen LogP contribution in [0.5, 0.6) is 0 Å². The molecule has 7 heteroatoms. The molecule has 6 nitrogen and oxygen atoms in total. The maximum Gasteiger partial charge on any atom is 0.312 e. The van der Waals surface area contributed by atoms with Crippen molar-refractivity contribution < 1.29 is 9.90 Å². The third-order valence-corrected chi connectivity index (χ3v) is 4.65. The molecular weight excluding hydrogens is 276 g/mol. The van der Waals surface area contributed by atoms with E-state index in [4.69, 9.17) is 5.11 Å². The van der Waals surface area contributed by atoms with Crippen LogP contribution in [0.1, 0.15) is 28.7 Å². The van der Waals surface area contributed by atoms with Gasteiger partial charge in [0.05, 0.1) is 5.69 Å². The number of aromatic nitrogens is 3. The largest absolute Gasteiger partial charge is 0.481 e. The zero-order valence-electron chi connectivity index (χ0n) is 11.2. The molecule has 2 aromatic rings. The molecule has 1 aliphatic carbocycles. The molecule has 1 atom stereocenters. The van der Waals surface area contributed by atoms with Gasteiger partial charge in [-0.15, -0.1) is 11.3 Å². The summed E-state index contributed by atoms with van der Waals surface area (Å²) in [4.78, 5) is 20.9. The van der Waals surface area contributed by atoms with Crippen LogP contribution in [0.4, 0.5) is 5.13 Å². The molecule has 0 radical (unpaired) electrons. The smallest absolute Gasteiger partial charge is 0.312 e. The standard InChI is InChI=1S/C13H16N4O2S/c1-17-7-6-14-10(17)4-5-15-13-16-11-8(12(18)19)2-3-9(11)20-13/h6-8H,2-5H2,1H3,(H,15,16)(H,18,19). The molecule has 0 aromatic carbocycles. The Hall–Kier alpha value is -1.89. The first-order valence-corrected chi connectivity index (χ1v) is 7.39. The molecule has 0 fully saturated rings. The number of nitrogens with one attached hydrogen (secondary N) is 1. The van der Waals surface area contributed by atoms with Crippen molar-refractivity contribution in [3.8, 4) is 0 Å². The quantitative estimate of drug-likeness (QED) is 0.876.